The van der Waals surface area contributed by atoms with Crippen molar-refractivity contribution in [3.8, 4) is 0 Å². The van der Waals surface area contributed by atoms with Crippen LogP contribution in [0.3, 0.4) is 0 Å². The van der Waals surface area contributed by atoms with E-state index < -0.39 is 0 Å². The predicted molar refractivity (Wildman–Crippen MR) is 53.6 cm³/mol. The van der Waals surface area contributed by atoms with E-state index in [0.717, 1.165) is 24.4 Å². The molecule has 0 saturated heterocycles. The van der Waals surface area contributed by atoms with E-state index in [2.05, 4.69) is 20.6 Å². The van der Waals surface area contributed by atoms with Crippen molar-refractivity contribution >= 4 is 11.8 Å². The molecule has 1 aliphatic rings. The summed E-state index contributed by atoms with van der Waals surface area (Å²) in [5.41, 5.74) is 1.08. The first-order valence-electron chi connectivity index (χ1n) is 4.36. The van der Waals surface area contributed by atoms with Crippen molar-refractivity contribution < 1.29 is 0 Å². The van der Waals surface area contributed by atoms with Crippen molar-refractivity contribution in [2.75, 3.05) is 12.3 Å². The monoisotopic (exact) mass is 193 g/mol. The molecule has 13 heavy (non-hydrogen) atoms. The Morgan fingerprint density at radius 2 is 2.62 bits per heavy atom. The molecule has 0 aliphatic carbocycles. The lowest BCUT2D eigenvalue weighted by molar-refractivity contribution is 0.718. The van der Waals surface area contributed by atoms with Gasteiger partial charge in [-0.1, -0.05) is 0 Å². The van der Waals surface area contributed by atoms with Gasteiger partial charge in [0.2, 0.25) is 6.54 Å². The molecule has 0 atom stereocenters. The molecule has 0 fully saturated rings. The summed E-state index contributed by atoms with van der Waals surface area (Å²) < 4.78 is 2.22. The molecule has 2 rings (SSSR count). The van der Waals surface area contributed by atoms with Gasteiger partial charge >= 0.3 is 0 Å². The van der Waals surface area contributed by atoms with E-state index >= 15 is 0 Å². The summed E-state index contributed by atoms with van der Waals surface area (Å²) in [7, 11) is 0. The molecule has 0 aromatic carbocycles. The van der Waals surface area contributed by atoms with Crippen LogP contribution < -0.4 is 0 Å². The van der Waals surface area contributed by atoms with Gasteiger partial charge in [0.15, 0.2) is 0 Å². The highest BCUT2D eigenvalue weighted by Crippen LogP contribution is 2.18. The fourth-order valence-corrected chi connectivity index (χ4v) is 2.32. The summed E-state index contributed by atoms with van der Waals surface area (Å²) >= 11 is 1.93. The van der Waals surface area contributed by atoms with E-state index in [0.29, 0.717) is 6.54 Å². The molecule has 1 aromatic rings. The molecule has 0 unspecified atom stereocenters. The van der Waals surface area contributed by atoms with Crippen LogP contribution in [0.1, 0.15) is 11.5 Å². The van der Waals surface area contributed by atoms with Crippen molar-refractivity contribution in [2.24, 2.45) is 0 Å². The second-order valence-corrected chi connectivity index (χ2v) is 4.13. The number of fused-ring (bicyclic) bond motifs is 1. The van der Waals surface area contributed by atoms with Crippen LogP contribution in [0.5, 0.6) is 0 Å². The van der Waals surface area contributed by atoms with Crippen molar-refractivity contribution in [3.63, 3.8) is 0 Å². The highest BCUT2D eigenvalue weighted by molar-refractivity contribution is 7.98. The van der Waals surface area contributed by atoms with Crippen molar-refractivity contribution in [3.05, 3.63) is 29.1 Å². The molecule has 0 amide bonds. The van der Waals surface area contributed by atoms with Crippen molar-refractivity contribution in [1.29, 1.82) is 0 Å². The molecule has 2 heterocycles. The first kappa shape index (κ1) is 8.64. The van der Waals surface area contributed by atoms with Crippen molar-refractivity contribution in [2.45, 2.75) is 18.7 Å². The standard InChI is InChI=1S/C9H11N3S/c1-10-3-2-8-6-12-4-5-13-7-9(12)11-8/h6H,2-5,7H2. The van der Waals surface area contributed by atoms with E-state index in [1.165, 1.54) is 11.6 Å². The van der Waals surface area contributed by atoms with Gasteiger partial charge in [-0.3, -0.25) is 0 Å². The lowest BCUT2D eigenvalue weighted by atomic mass is 10.3. The Balaban J connectivity index is 2.12. The molecule has 1 aromatic heterocycles. The van der Waals surface area contributed by atoms with Crippen LogP contribution >= 0.6 is 11.8 Å². The molecule has 1 aliphatic heterocycles. The summed E-state index contributed by atoms with van der Waals surface area (Å²) in [4.78, 5) is 7.82. The highest BCUT2D eigenvalue weighted by atomic mass is 32.2. The third kappa shape index (κ3) is 1.86. The summed E-state index contributed by atoms with van der Waals surface area (Å²) in [6.45, 7) is 8.33. The Morgan fingerprint density at radius 1 is 1.69 bits per heavy atom. The minimum Gasteiger partial charge on any atom is -0.333 e. The van der Waals surface area contributed by atoms with Crippen LogP contribution in [-0.4, -0.2) is 21.8 Å². The van der Waals surface area contributed by atoms with Crippen LogP contribution in [0.15, 0.2) is 6.20 Å². The summed E-state index contributed by atoms with van der Waals surface area (Å²) in [6, 6.07) is 0. The number of hydrogen-bond donors (Lipinski definition) is 0. The van der Waals surface area contributed by atoms with Crippen molar-refractivity contribution in [1.82, 2.24) is 9.55 Å². The molecule has 68 valence electrons. The zero-order valence-electron chi connectivity index (χ0n) is 7.36. The first-order chi connectivity index (χ1) is 6.40. The molecule has 0 saturated carbocycles. The van der Waals surface area contributed by atoms with Crippen LogP contribution in [0.25, 0.3) is 4.85 Å². The number of rotatable bonds is 2. The van der Waals surface area contributed by atoms with Crippen LogP contribution in [0.2, 0.25) is 0 Å². The average molecular weight is 193 g/mol. The quantitative estimate of drug-likeness (QED) is 0.665. The van der Waals surface area contributed by atoms with Gasteiger partial charge in [-0.25, -0.2) is 11.6 Å². The SMILES string of the molecule is [C-]#[N+]CCc1cn2c(n1)CSCC2. The van der Waals surface area contributed by atoms with Gasteiger partial charge in [0, 0.05) is 18.5 Å². The molecule has 0 bridgehead atoms. The normalized spacial score (nSPS) is 15.0. The minimum atomic E-state index is 0.559. The van der Waals surface area contributed by atoms with Gasteiger partial charge < -0.3 is 9.41 Å². The minimum absolute atomic E-state index is 0.559. The fourth-order valence-electron chi connectivity index (χ4n) is 1.44. The Hall–Kier alpha value is -0.950. The molecule has 0 radical (unpaired) electrons. The summed E-state index contributed by atoms with van der Waals surface area (Å²) in [6.07, 6.45) is 2.90. The summed E-state index contributed by atoms with van der Waals surface area (Å²) in [5, 5.41) is 0. The van der Waals surface area contributed by atoms with E-state index in [1.807, 2.05) is 11.8 Å². The molecule has 3 nitrogen and oxygen atoms in total. The fraction of sp³-hybridized carbons (Fsp3) is 0.556. The number of aryl methyl sites for hydroxylation is 1. The number of hydrogen-bond acceptors (Lipinski definition) is 2. The van der Waals surface area contributed by atoms with Gasteiger partial charge in [-0.05, 0) is 0 Å². The second kappa shape index (κ2) is 3.84. The molecular weight excluding hydrogens is 182 g/mol. The Labute approximate surface area is 82.0 Å². The predicted octanol–water partition coefficient (Wildman–Crippen LogP) is 1.59. The zero-order chi connectivity index (χ0) is 9.10. The summed E-state index contributed by atoms with van der Waals surface area (Å²) in [5.74, 6) is 3.39. The van der Waals surface area contributed by atoms with Gasteiger partial charge in [-0.15, -0.1) is 0 Å². The number of aromatic nitrogens is 2. The maximum absolute atomic E-state index is 6.70. The topological polar surface area (TPSA) is 22.2 Å². The average Bonchev–Trinajstić information content (AvgIpc) is 2.57. The van der Waals surface area contributed by atoms with Gasteiger partial charge in [0.1, 0.15) is 5.82 Å². The van der Waals surface area contributed by atoms with Gasteiger partial charge in [0.05, 0.1) is 17.9 Å². The van der Waals surface area contributed by atoms with E-state index in [9.17, 15) is 0 Å². The van der Waals surface area contributed by atoms with E-state index in [1.54, 1.807) is 0 Å². The smallest absolute Gasteiger partial charge is 0.220 e. The van der Waals surface area contributed by atoms with Gasteiger partial charge in [0.25, 0.3) is 0 Å². The Morgan fingerprint density at radius 3 is 3.38 bits per heavy atom. The van der Waals surface area contributed by atoms with E-state index in [-0.39, 0.29) is 0 Å². The number of nitrogens with zero attached hydrogens (tertiary/aromatic N) is 3. The third-order valence-electron chi connectivity index (χ3n) is 2.10. The maximum Gasteiger partial charge on any atom is 0.220 e. The van der Waals surface area contributed by atoms with E-state index in [4.69, 9.17) is 6.57 Å². The molecule has 4 heteroatoms. The van der Waals surface area contributed by atoms with Crippen LogP contribution in [0.4, 0.5) is 0 Å². The van der Waals surface area contributed by atoms with Crippen LogP contribution in [0, 0.1) is 6.57 Å². The Kier molecular flexibility index (Phi) is 2.55. The second-order valence-electron chi connectivity index (χ2n) is 3.03. The number of thioether (sulfide) groups is 1. The molecular formula is C9H11N3S. The third-order valence-corrected chi connectivity index (χ3v) is 3.03. The first-order valence-corrected chi connectivity index (χ1v) is 5.51. The maximum atomic E-state index is 6.70. The Bertz CT molecular complexity index is 314. The zero-order valence-corrected chi connectivity index (χ0v) is 8.18. The molecule has 0 N–H and O–H groups in total. The highest BCUT2D eigenvalue weighted by Gasteiger charge is 2.12. The molecule has 0 spiro atoms. The largest absolute Gasteiger partial charge is 0.333 e. The van der Waals surface area contributed by atoms with Gasteiger partial charge in [-0.2, -0.15) is 11.8 Å². The number of imidazole rings is 1. The lowest BCUT2D eigenvalue weighted by Gasteiger charge is -2.11. The lowest BCUT2D eigenvalue weighted by Crippen LogP contribution is -2.09. The van der Waals surface area contributed by atoms with Crippen LogP contribution in [-0.2, 0) is 18.7 Å².